The average molecular weight is 180 g/mol. The van der Waals surface area contributed by atoms with Crippen molar-refractivity contribution >= 4 is 33.1 Å². The van der Waals surface area contributed by atoms with E-state index in [2.05, 4.69) is 19.6 Å². The molecule has 0 atom stereocenters. The Morgan fingerprint density at radius 3 is 1.67 bits per heavy atom. The molecule has 0 saturated carbocycles. The molecule has 0 aliphatic rings. The molecule has 0 bridgehead atoms. The Labute approximate surface area is 71.1 Å². The maximum Gasteiger partial charge on any atom is 0.00283 e. The number of thiol groups is 1. The average Bonchev–Trinajstić information content (AvgIpc) is 1.91. The zero-order chi connectivity index (χ0) is 7.54. The molecular formula is C6H20SSi2. The third-order valence-corrected chi connectivity index (χ3v) is 3.04. The van der Waals surface area contributed by atoms with E-state index in [1.165, 1.54) is 45.4 Å². The molecule has 0 rings (SSSR count). The van der Waals surface area contributed by atoms with Crippen molar-refractivity contribution < 1.29 is 0 Å². The van der Waals surface area contributed by atoms with Crippen LogP contribution >= 0.6 is 12.6 Å². The molecule has 0 radical (unpaired) electrons. The van der Waals surface area contributed by atoms with Gasteiger partial charge in [0.1, 0.15) is 0 Å². The Morgan fingerprint density at radius 2 is 1.67 bits per heavy atom. The van der Waals surface area contributed by atoms with Crippen LogP contribution in [0.2, 0.25) is 12.1 Å². The van der Waals surface area contributed by atoms with Crippen molar-refractivity contribution in [2.45, 2.75) is 31.9 Å². The van der Waals surface area contributed by atoms with Gasteiger partial charge in [-0.1, -0.05) is 25.4 Å². The van der Waals surface area contributed by atoms with E-state index in [-0.39, 0.29) is 0 Å². The summed E-state index contributed by atoms with van der Waals surface area (Å²) in [5.74, 6) is 1.07. The lowest BCUT2D eigenvalue weighted by molar-refractivity contribution is 1.08. The topological polar surface area (TPSA) is 0 Å². The van der Waals surface area contributed by atoms with Crippen molar-refractivity contribution in [3.8, 4) is 0 Å². The second-order valence-electron chi connectivity index (χ2n) is 2.08. The normalized spacial score (nSPS) is 8.67. The zero-order valence-electron chi connectivity index (χ0n) is 6.98. The van der Waals surface area contributed by atoms with Crippen molar-refractivity contribution in [1.82, 2.24) is 0 Å². The van der Waals surface area contributed by atoms with E-state index < -0.39 is 0 Å². The Kier molecular flexibility index (Phi) is 22.0. The van der Waals surface area contributed by atoms with Gasteiger partial charge < -0.3 is 0 Å². The van der Waals surface area contributed by atoms with E-state index in [0.29, 0.717) is 0 Å². The summed E-state index contributed by atoms with van der Waals surface area (Å²) in [5, 5.41) is 0. The van der Waals surface area contributed by atoms with Crippen LogP contribution in [0.4, 0.5) is 0 Å². The lowest BCUT2D eigenvalue weighted by atomic mass is 10.6. The zero-order valence-corrected chi connectivity index (χ0v) is 11.9. The van der Waals surface area contributed by atoms with Gasteiger partial charge in [-0.05, 0) is 12.2 Å². The van der Waals surface area contributed by atoms with Crippen LogP contribution < -0.4 is 0 Å². The first kappa shape index (κ1) is 12.5. The van der Waals surface area contributed by atoms with Crippen LogP contribution in [0.3, 0.4) is 0 Å². The van der Waals surface area contributed by atoms with Gasteiger partial charge in [-0.3, -0.25) is 0 Å². The fourth-order valence-corrected chi connectivity index (χ4v) is 1.42. The molecule has 3 heteroatoms. The van der Waals surface area contributed by atoms with Gasteiger partial charge in [-0.15, -0.1) is 0 Å². The van der Waals surface area contributed by atoms with Gasteiger partial charge in [0.05, 0.1) is 0 Å². The minimum Gasteiger partial charge on any atom is -0.179 e. The van der Waals surface area contributed by atoms with Crippen molar-refractivity contribution in [2.24, 2.45) is 0 Å². The summed E-state index contributed by atoms with van der Waals surface area (Å²) in [7, 11) is 2.74. The van der Waals surface area contributed by atoms with Crippen molar-refractivity contribution in [2.75, 3.05) is 5.75 Å². The molecule has 0 aromatic rings. The lowest BCUT2D eigenvalue weighted by Crippen LogP contribution is -1.69. The maximum atomic E-state index is 4.02. The number of hydrogen-bond acceptors (Lipinski definition) is 1. The molecule has 0 saturated heterocycles. The van der Waals surface area contributed by atoms with E-state index in [4.69, 9.17) is 0 Å². The van der Waals surface area contributed by atoms with Gasteiger partial charge in [-0.2, -0.15) is 12.6 Å². The molecule has 0 N–H and O–H groups in total. The van der Waals surface area contributed by atoms with E-state index in [1.54, 1.807) is 0 Å². The fourth-order valence-electron chi connectivity index (χ4n) is 0.158. The monoisotopic (exact) mass is 180 g/mol. The van der Waals surface area contributed by atoms with Crippen LogP contribution in [0.1, 0.15) is 19.8 Å². The molecule has 58 valence electrons. The summed E-state index contributed by atoms with van der Waals surface area (Å²) in [4.78, 5) is 0. The summed E-state index contributed by atoms with van der Waals surface area (Å²) in [6.07, 6.45) is 2.70. The Morgan fingerprint density at radius 1 is 1.22 bits per heavy atom. The summed E-state index contributed by atoms with van der Waals surface area (Å²) < 4.78 is 0. The second kappa shape index (κ2) is 15.9. The minimum atomic E-state index is 1.07. The van der Waals surface area contributed by atoms with Gasteiger partial charge in [0, 0.05) is 20.5 Å². The highest BCUT2D eigenvalue weighted by atomic mass is 32.1. The predicted octanol–water partition coefficient (Wildman–Crippen LogP) is 0.270. The number of rotatable bonds is 3. The molecule has 0 spiro atoms. The summed E-state index contributed by atoms with van der Waals surface area (Å²) in [5.41, 5.74) is 0. The summed E-state index contributed by atoms with van der Waals surface area (Å²) in [6.45, 7) is 2.22. The Balaban J connectivity index is 0. The SMILES string of the molecule is CCC[SiH3].[SiH3]CCCS. The Bertz CT molecular complexity index is 30.2. The van der Waals surface area contributed by atoms with Gasteiger partial charge >= 0.3 is 0 Å². The molecule has 9 heavy (non-hydrogen) atoms. The summed E-state index contributed by atoms with van der Waals surface area (Å²) >= 11 is 4.02. The van der Waals surface area contributed by atoms with Crippen molar-refractivity contribution in [3.05, 3.63) is 0 Å². The molecule has 0 fully saturated rings. The van der Waals surface area contributed by atoms with Gasteiger partial charge in [0.25, 0.3) is 0 Å². The van der Waals surface area contributed by atoms with Crippen molar-refractivity contribution in [1.29, 1.82) is 0 Å². The fraction of sp³-hybridized carbons (Fsp3) is 1.00. The quantitative estimate of drug-likeness (QED) is 0.468. The molecule has 0 aromatic carbocycles. The molecular weight excluding hydrogens is 160 g/mol. The van der Waals surface area contributed by atoms with Crippen LogP contribution in [0, 0.1) is 0 Å². The maximum absolute atomic E-state index is 4.02. The van der Waals surface area contributed by atoms with E-state index >= 15 is 0 Å². The smallest absolute Gasteiger partial charge is 0.00283 e. The highest BCUT2D eigenvalue weighted by Gasteiger charge is 1.69. The molecule has 0 aliphatic carbocycles. The van der Waals surface area contributed by atoms with Crippen LogP contribution in [0.15, 0.2) is 0 Å². The third-order valence-electron chi connectivity index (χ3n) is 1.01. The van der Waals surface area contributed by atoms with Crippen LogP contribution in [0.5, 0.6) is 0 Å². The summed E-state index contributed by atoms with van der Waals surface area (Å²) in [6, 6.07) is 2.86. The Hall–Kier alpha value is 0.784. The molecule has 0 amide bonds. The van der Waals surface area contributed by atoms with Gasteiger partial charge in [0.2, 0.25) is 0 Å². The minimum absolute atomic E-state index is 1.07. The lowest BCUT2D eigenvalue weighted by Gasteiger charge is -1.78. The molecule has 0 heterocycles. The van der Waals surface area contributed by atoms with Crippen LogP contribution in [-0.4, -0.2) is 26.2 Å². The first-order chi connectivity index (χ1) is 4.33. The highest BCUT2D eigenvalue weighted by Crippen LogP contribution is 1.84. The molecule has 0 nitrogen and oxygen atoms in total. The van der Waals surface area contributed by atoms with Crippen LogP contribution in [0.25, 0.3) is 0 Å². The van der Waals surface area contributed by atoms with Crippen LogP contribution in [-0.2, 0) is 0 Å². The van der Waals surface area contributed by atoms with Gasteiger partial charge in [0.15, 0.2) is 0 Å². The largest absolute Gasteiger partial charge is 0.179 e. The highest BCUT2D eigenvalue weighted by molar-refractivity contribution is 7.80. The van der Waals surface area contributed by atoms with E-state index in [9.17, 15) is 0 Å². The predicted molar refractivity (Wildman–Crippen MR) is 58.3 cm³/mol. The van der Waals surface area contributed by atoms with E-state index in [1.807, 2.05) is 0 Å². The standard InChI is InChI=1S/C3H10SSi.C3H10Si/c4-2-1-3-5;1-2-3-4/h4H,1-3H2,5H3;2-3H2,1,4H3. The molecule has 0 unspecified atom stereocenters. The number of hydrogen-bond donors (Lipinski definition) is 1. The van der Waals surface area contributed by atoms with E-state index in [0.717, 1.165) is 5.75 Å². The third kappa shape index (κ3) is 28.2. The molecule has 0 aromatic heterocycles. The van der Waals surface area contributed by atoms with Gasteiger partial charge in [-0.25, -0.2) is 0 Å². The second-order valence-corrected chi connectivity index (χ2v) is 4.52. The first-order valence-electron chi connectivity index (χ1n) is 3.94. The first-order valence-corrected chi connectivity index (χ1v) is 7.40. The van der Waals surface area contributed by atoms with Crippen molar-refractivity contribution in [3.63, 3.8) is 0 Å². The molecule has 0 aliphatic heterocycles.